The van der Waals surface area contributed by atoms with Crippen LogP contribution in [-0.4, -0.2) is 26.2 Å². The monoisotopic (exact) mass is 289 g/mol. The summed E-state index contributed by atoms with van der Waals surface area (Å²) in [5, 5.41) is 0. The van der Waals surface area contributed by atoms with Crippen LogP contribution in [-0.2, 0) is 13.1 Å². The van der Waals surface area contributed by atoms with E-state index in [1.807, 2.05) is 31.3 Å². The molecule has 0 saturated heterocycles. The van der Waals surface area contributed by atoms with Crippen LogP contribution < -0.4 is 9.47 Å². The summed E-state index contributed by atoms with van der Waals surface area (Å²) >= 11 is 0. The molecule has 0 fully saturated rings. The number of rotatable bonds is 6. The van der Waals surface area contributed by atoms with Crippen LogP contribution in [0.5, 0.6) is 11.5 Å². The Morgan fingerprint density at radius 2 is 1.57 bits per heavy atom. The maximum atomic E-state index is 13.2. The molecule has 0 aromatic heterocycles. The number of nitrogens with zero attached hydrogens (tertiary/aromatic N) is 1. The highest BCUT2D eigenvalue weighted by molar-refractivity contribution is 5.42. The van der Waals surface area contributed by atoms with E-state index in [4.69, 9.17) is 9.47 Å². The van der Waals surface area contributed by atoms with Gasteiger partial charge in [-0.1, -0.05) is 18.2 Å². The molecule has 4 heteroatoms. The molecule has 2 rings (SSSR count). The van der Waals surface area contributed by atoms with E-state index in [0.29, 0.717) is 18.0 Å². The topological polar surface area (TPSA) is 21.7 Å². The Hall–Kier alpha value is -2.07. The number of hydrogen-bond donors (Lipinski definition) is 0. The average Bonchev–Trinajstić information content (AvgIpc) is 2.47. The molecule has 2 aromatic rings. The van der Waals surface area contributed by atoms with E-state index < -0.39 is 0 Å². The maximum Gasteiger partial charge on any atom is 0.161 e. The van der Waals surface area contributed by atoms with Gasteiger partial charge in [-0.25, -0.2) is 4.39 Å². The normalized spacial score (nSPS) is 10.7. The van der Waals surface area contributed by atoms with Crippen molar-refractivity contribution >= 4 is 0 Å². The second-order valence-electron chi connectivity index (χ2n) is 4.99. The molecule has 2 aromatic carbocycles. The summed E-state index contributed by atoms with van der Waals surface area (Å²) in [6, 6.07) is 12.5. The lowest BCUT2D eigenvalue weighted by molar-refractivity contribution is 0.316. The number of benzene rings is 2. The van der Waals surface area contributed by atoms with Crippen LogP contribution in [0.15, 0.2) is 42.5 Å². The molecule has 0 unspecified atom stereocenters. The van der Waals surface area contributed by atoms with Crippen molar-refractivity contribution in [3.8, 4) is 11.5 Å². The molecule has 0 spiro atoms. The number of halogens is 1. The molecule has 0 heterocycles. The predicted molar refractivity (Wildman–Crippen MR) is 81.1 cm³/mol. The zero-order valence-electron chi connectivity index (χ0n) is 12.6. The summed E-state index contributed by atoms with van der Waals surface area (Å²) in [4.78, 5) is 2.12. The Kier molecular flexibility index (Phi) is 5.17. The number of ether oxygens (including phenoxy) is 2. The molecule has 0 N–H and O–H groups in total. The molecule has 0 atom stereocenters. The molecule has 0 aliphatic heterocycles. The molecule has 0 radical (unpaired) electrons. The van der Waals surface area contributed by atoms with Crippen LogP contribution >= 0.6 is 0 Å². The smallest absolute Gasteiger partial charge is 0.161 e. The molecule has 0 aliphatic carbocycles. The van der Waals surface area contributed by atoms with Crippen molar-refractivity contribution in [1.29, 1.82) is 0 Å². The van der Waals surface area contributed by atoms with E-state index in [1.165, 1.54) is 6.07 Å². The molecule has 21 heavy (non-hydrogen) atoms. The second-order valence-corrected chi connectivity index (χ2v) is 4.99. The minimum Gasteiger partial charge on any atom is -0.493 e. The van der Waals surface area contributed by atoms with Gasteiger partial charge in [-0.05, 0) is 42.4 Å². The summed E-state index contributed by atoms with van der Waals surface area (Å²) in [7, 11) is 5.24. The van der Waals surface area contributed by atoms with Gasteiger partial charge in [0.15, 0.2) is 11.5 Å². The quantitative estimate of drug-likeness (QED) is 0.812. The fourth-order valence-electron chi connectivity index (χ4n) is 2.29. The Labute approximate surface area is 124 Å². The Bertz CT molecular complexity index is 601. The summed E-state index contributed by atoms with van der Waals surface area (Å²) < 4.78 is 23.7. The van der Waals surface area contributed by atoms with E-state index in [1.54, 1.807) is 26.4 Å². The molecule has 0 saturated carbocycles. The number of methoxy groups -OCH3 is 2. The molecule has 0 amide bonds. The molecular formula is C17H20FNO2. The molecule has 3 nitrogen and oxygen atoms in total. The SMILES string of the molecule is COc1ccc(CN(C)Cc2cccc(F)c2)cc1OC. The third kappa shape index (κ3) is 4.20. The summed E-state index contributed by atoms with van der Waals surface area (Å²) in [5.74, 6) is 1.23. The third-order valence-electron chi connectivity index (χ3n) is 3.24. The summed E-state index contributed by atoms with van der Waals surface area (Å²) in [6.45, 7) is 1.43. The van der Waals surface area contributed by atoms with Gasteiger partial charge in [0.1, 0.15) is 5.82 Å². The molecular weight excluding hydrogens is 269 g/mol. The lowest BCUT2D eigenvalue weighted by atomic mass is 10.1. The van der Waals surface area contributed by atoms with Gasteiger partial charge in [0.05, 0.1) is 14.2 Å². The van der Waals surface area contributed by atoms with Gasteiger partial charge in [-0.15, -0.1) is 0 Å². The van der Waals surface area contributed by atoms with Gasteiger partial charge >= 0.3 is 0 Å². The number of hydrogen-bond acceptors (Lipinski definition) is 3. The van der Waals surface area contributed by atoms with Crippen LogP contribution in [0.2, 0.25) is 0 Å². The fraction of sp³-hybridized carbons (Fsp3) is 0.294. The highest BCUT2D eigenvalue weighted by Gasteiger charge is 2.07. The minimum absolute atomic E-state index is 0.202. The maximum absolute atomic E-state index is 13.2. The first-order chi connectivity index (χ1) is 10.1. The molecule has 0 bridgehead atoms. The lowest BCUT2D eigenvalue weighted by Crippen LogP contribution is -2.17. The summed E-state index contributed by atoms with van der Waals surface area (Å²) in [6.07, 6.45) is 0. The summed E-state index contributed by atoms with van der Waals surface area (Å²) in [5.41, 5.74) is 2.07. The van der Waals surface area contributed by atoms with Gasteiger partial charge in [0.2, 0.25) is 0 Å². The van der Waals surface area contributed by atoms with Crippen LogP contribution in [0.1, 0.15) is 11.1 Å². The first-order valence-electron chi connectivity index (χ1n) is 6.76. The highest BCUT2D eigenvalue weighted by atomic mass is 19.1. The van der Waals surface area contributed by atoms with Crippen molar-refractivity contribution in [3.63, 3.8) is 0 Å². The standard InChI is InChI=1S/C17H20FNO2/c1-19(11-13-5-4-6-15(18)9-13)12-14-7-8-16(20-2)17(10-14)21-3/h4-10H,11-12H2,1-3H3. The zero-order chi connectivity index (χ0) is 15.2. The van der Waals surface area contributed by atoms with Crippen molar-refractivity contribution in [2.45, 2.75) is 13.1 Å². The van der Waals surface area contributed by atoms with Crippen molar-refractivity contribution in [2.75, 3.05) is 21.3 Å². The van der Waals surface area contributed by atoms with Gasteiger partial charge < -0.3 is 9.47 Å². The molecule has 112 valence electrons. The predicted octanol–water partition coefficient (Wildman–Crippen LogP) is 3.47. The van der Waals surface area contributed by atoms with Crippen molar-refractivity contribution < 1.29 is 13.9 Å². The van der Waals surface area contributed by atoms with Gasteiger partial charge in [-0.3, -0.25) is 4.90 Å². The van der Waals surface area contributed by atoms with E-state index in [-0.39, 0.29) is 5.82 Å². The first-order valence-corrected chi connectivity index (χ1v) is 6.76. The van der Waals surface area contributed by atoms with Crippen LogP contribution in [0, 0.1) is 5.82 Å². The largest absolute Gasteiger partial charge is 0.493 e. The van der Waals surface area contributed by atoms with E-state index in [9.17, 15) is 4.39 Å². The third-order valence-corrected chi connectivity index (χ3v) is 3.24. The van der Waals surface area contributed by atoms with E-state index >= 15 is 0 Å². The fourth-order valence-corrected chi connectivity index (χ4v) is 2.29. The van der Waals surface area contributed by atoms with Gasteiger partial charge in [-0.2, -0.15) is 0 Å². The molecule has 0 aliphatic rings. The van der Waals surface area contributed by atoms with Gasteiger partial charge in [0.25, 0.3) is 0 Å². The van der Waals surface area contributed by atoms with E-state index in [2.05, 4.69) is 4.90 Å². The van der Waals surface area contributed by atoms with Crippen molar-refractivity contribution in [2.24, 2.45) is 0 Å². The second kappa shape index (κ2) is 7.09. The zero-order valence-corrected chi connectivity index (χ0v) is 12.6. The van der Waals surface area contributed by atoms with Crippen LogP contribution in [0.4, 0.5) is 4.39 Å². The van der Waals surface area contributed by atoms with Gasteiger partial charge in [0, 0.05) is 13.1 Å². The lowest BCUT2D eigenvalue weighted by Gasteiger charge is -2.18. The minimum atomic E-state index is -0.202. The Balaban J connectivity index is 2.04. The Morgan fingerprint density at radius 3 is 2.19 bits per heavy atom. The van der Waals surface area contributed by atoms with Crippen molar-refractivity contribution in [3.05, 3.63) is 59.4 Å². The van der Waals surface area contributed by atoms with Crippen LogP contribution in [0.3, 0.4) is 0 Å². The van der Waals surface area contributed by atoms with Crippen molar-refractivity contribution in [1.82, 2.24) is 4.90 Å². The Morgan fingerprint density at radius 1 is 0.905 bits per heavy atom. The van der Waals surface area contributed by atoms with Crippen LogP contribution in [0.25, 0.3) is 0 Å². The van der Waals surface area contributed by atoms with E-state index in [0.717, 1.165) is 17.7 Å². The first kappa shape index (κ1) is 15.3. The average molecular weight is 289 g/mol. The highest BCUT2D eigenvalue weighted by Crippen LogP contribution is 2.28.